The van der Waals surface area contributed by atoms with Gasteiger partial charge in [0.05, 0.1) is 0 Å². The van der Waals surface area contributed by atoms with Crippen molar-refractivity contribution < 1.29 is 0 Å². The molecule has 3 aromatic carbocycles. The van der Waals surface area contributed by atoms with E-state index in [2.05, 4.69) is 142 Å². The highest BCUT2D eigenvalue weighted by Gasteiger charge is 2.22. The van der Waals surface area contributed by atoms with E-state index in [0.29, 0.717) is 11.8 Å². The molecule has 182 valence electrons. The highest BCUT2D eigenvalue weighted by molar-refractivity contribution is 5.39. The third kappa shape index (κ3) is 6.41. The molecule has 0 bridgehead atoms. The molecule has 3 rings (SSSR count). The molecule has 0 radical (unpaired) electrons. The molecule has 0 amide bonds. The lowest BCUT2D eigenvalue weighted by Gasteiger charge is -2.26. The molecule has 0 fully saturated rings. The van der Waals surface area contributed by atoms with Gasteiger partial charge < -0.3 is 0 Å². The minimum atomic E-state index is 0.171. The van der Waals surface area contributed by atoms with E-state index in [1.807, 2.05) is 0 Å². The second-order valence-electron chi connectivity index (χ2n) is 13.3. The molecular weight excluding hydrogens is 408 g/mol. The Balaban J connectivity index is 1.94. The second kappa shape index (κ2) is 9.73. The van der Waals surface area contributed by atoms with Gasteiger partial charge in [-0.05, 0) is 62.0 Å². The average molecular weight is 455 g/mol. The predicted molar refractivity (Wildman–Crippen MR) is 150 cm³/mol. The Bertz CT molecular complexity index is 986. The zero-order valence-electron chi connectivity index (χ0n) is 23.3. The number of rotatable bonds is 5. The van der Waals surface area contributed by atoms with Crippen LogP contribution >= 0.6 is 0 Å². The van der Waals surface area contributed by atoms with Crippen molar-refractivity contribution in [3.05, 3.63) is 106 Å². The second-order valence-corrected chi connectivity index (χ2v) is 13.3. The van der Waals surface area contributed by atoms with Gasteiger partial charge in [-0.1, -0.05) is 142 Å². The molecule has 0 nitrogen and oxygen atoms in total. The predicted octanol–water partition coefficient (Wildman–Crippen LogP) is 9.90. The van der Waals surface area contributed by atoms with E-state index in [0.717, 1.165) is 6.42 Å². The van der Waals surface area contributed by atoms with Crippen molar-refractivity contribution in [1.82, 2.24) is 0 Å². The van der Waals surface area contributed by atoms with Crippen LogP contribution in [0, 0.1) is 0 Å². The summed E-state index contributed by atoms with van der Waals surface area (Å²) in [5, 5.41) is 0. The van der Waals surface area contributed by atoms with E-state index >= 15 is 0 Å². The lowest BCUT2D eigenvalue weighted by atomic mass is 9.78. The molecule has 1 atom stereocenters. The first-order valence-corrected chi connectivity index (χ1v) is 13.0. The summed E-state index contributed by atoms with van der Waals surface area (Å²) >= 11 is 0. The highest BCUT2D eigenvalue weighted by Crippen LogP contribution is 2.37. The lowest BCUT2D eigenvalue weighted by Crippen LogP contribution is -2.13. The number of hydrogen-bond donors (Lipinski definition) is 0. The van der Waals surface area contributed by atoms with E-state index in [4.69, 9.17) is 0 Å². The quantitative estimate of drug-likeness (QED) is 0.360. The van der Waals surface area contributed by atoms with E-state index in [-0.39, 0.29) is 16.2 Å². The molecule has 0 aliphatic carbocycles. The maximum absolute atomic E-state index is 2.38. The smallest absolute Gasteiger partial charge is 0.00950 e. The third-order valence-corrected chi connectivity index (χ3v) is 7.29. The fourth-order valence-electron chi connectivity index (χ4n) is 4.70. The van der Waals surface area contributed by atoms with Gasteiger partial charge in [0.2, 0.25) is 0 Å². The lowest BCUT2D eigenvalue weighted by molar-refractivity contribution is 0.583. The maximum Gasteiger partial charge on any atom is 0.00950 e. The largest absolute Gasteiger partial charge is 0.0585 e. The highest BCUT2D eigenvalue weighted by atomic mass is 14.3. The maximum atomic E-state index is 2.38. The van der Waals surface area contributed by atoms with Gasteiger partial charge in [-0.2, -0.15) is 0 Å². The monoisotopic (exact) mass is 454 g/mol. The van der Waals surface area contributed by atoms with Gasteiger partial charge in [0.15, 0.2) is 0 Å². The summed E-state index contributed by atoms with van der Waals surface area (Å²) in [6.07, 6.45) is 1.10. The summed E-state index contributed by atoms with van der Waals surface area (Å²) in [6.45, 7) is 22.9. The summed E-state index contributed by atoms with van der Waals surface area (Å²) < 4.78 is 0. The van der Waals surface area contributed by atoms with Gasteiger partial charge >= 0.3 is 0 Å². The van der Waals surface area contributed by atoms with Crippen LogP contribution in [0.5, 0.6) is 0 Å². The van der Waals surface area contributed by atoms with Crippen LogP contribution in [0.15, 0.2) is 72.8 Å². The van der Waals surface area contributed by atoms with Gasteiger partial charge in [0.1, 0.15) is 0 Å². The topological polar surface area (TPSA) is 0 Å². The molecule has 0 aliphatic heterocycles. The normalized spacial score (nSPS) is 13.9. The molecule has 0 N–H and O–H groups in total. The molecule has 3 aromatic rings. The number of hydrogen-bond acceptors (Lipinski definition) is 0. The first-order chi connectivity index (χ1) is 15.7. The molecule has 0 aliphatic rings. The third-order valence-electron chi connectivity index (χ3n) is 7.29. The Morgan fingerprint density at radius 2 is 0.706 bits per heavy atom. The molecule has 0 spiro atoms. The molecule has 0 saturated carbocycles. The van der Waals surface area contributed by atoms with Crippen LogP contribution in [-0.2, 0) is 16.2 Å². The molecular formula is C34H46. The molecule has 0 heteroatoms. The van der Waals surface area contributed by atoms with Crippen LogP contribution in [0.1, 0.15) is 121 Å². The van der Waals surface area contributed by atoms with Crippen molar-refractivity contribution >= 4 is 0 Å². The van der Waals surface area contributed by atoms with Crippen LogP contribution < -0.4 is 0 Å². The fourth-order valence-corrected chi connectivity index (χ4v) is 4.70. The minimum absolute atomic E-state index is 0.171. The van der Waals surface area contributed by atoms with Crippen molar-refractivity contribution in [3.8, 4) is 0 Å². The van der Waals surface area contributed by atoms with Gasteiger partial charge in [0, 0.05) is 5.92 Å². The Morgan fingerprint density at radius 3 is 0.971 bits per heavy atom. The molecule has 0 heterocycles. The van der Waals surface area contributed by atoms with Crippen molar-refractivity contribution in [2.75, 3.05) is 0 Å². The fraction of sp³-hybridized carbons (Fsp3) is 0.471. The summed E-state index contributed by atoms with van der Waals surface area (Å²) in [7, 11) is 0. The first-order valence-electron chi connectivity index (χ1n) is 13.0. The van der Waals surface area contributed by atoms with Crippen LogP contribution in [0.4, 0.5) is 0 Å². The van der Waals surface area contributed by atoms with Crippen LogP contribution in [0.2, 0.25) is 0 Å². The van der Waals surface area contributed by atoms with Gasteiger partial charge in [0.25, 0.3) is 0 Å². The van der Waals surface area contributed by atoms with E-state index in [1.165, 1.54) is 33.4 Å². The summed E-state index contributed by atoms with van der Waals surface area (Å²) in [5.41, 5.74) is 8.96. The summed E-state index contributed by atoms with van der Waals surface area (Å²) in [6, 6.07) is 28.1. The van der Waals surface area contributed by atoms with Crippen molar-refractivity contribution in [2.45, 2.75) is 104 Å². The minimum Gasteiger partial charge on any atom is -0.0585 e. The van der Waals surface area contributed by atoms with E-state index < -0.39 is 0 Å². The molecule has 1 unspecified atom stereocenters. The Kier molecular flexibility index (Phi) is 7.51. The van der Waals surface area contributed by atoms with Crippen molar-refractivity contribution in [1.29, 1.82) is 0 Å². The zero-order chi connectivity index (χ0) is 25.3. The number of benzene rings is 3. The Morgan fingerprint density at radius 1 is 0.441 bits per heavy atom. The standard InChI is InChI=1S/C34H46/c1-24(25-11-17-28(18-12-25)32(2,3)4)23-31(26-13-19-29(20-14-26)33(5,6)7)27-15-21-30(22-16-27)34(8,9)10/h11-22,24,31H,23H2,1-10H3. The first kappa shape index (κ1) is 26.3. The molecule has 0 saturated heterocycles. The van der Waals surface area contributed by atoms with Gasteiger partial charge in [-0.15, -0.1) is 0 Å². The molecule has 34 heavy (non-hydrogen) atoms. The molecule has 0 aromatic heterocycles. The van der Waals surface area contributed by atoms with E-state index in [1.54, 1.807) is 0 Å². The van der Waals surface area contributed by atoms with Gasteiger partial charge in [-0.25, -0.2) is 0 Å². The summed E-state index contributed by atoms with van der Waals surface area (Å²) in [4.78, 5) is 0. The average Bonchev–Trinajstić information content (AvgIpc) is 2.76. The van der Waals surface area contributed by atoms with Crippen LogP contribution in [-0.4, -0.2) is 0 Å². The van der Waals surface area contributed by atoms with Gasteiger partial charge in [-0.3, -0.25) is 0 Å². The summed E-state index contributed by atoms with van der Waals surface area (Å²) in [5.74, 6) is 0.851. The Hall–Kier alpha value is -2.34. The van der Waals surface area contributed by atoms with Crippen LogP contribution in [0.3, 0.4) is 0 Å². The van der Waals surface area contributed by atoms with E-state index in [9.17, 15) is 0 Å². The van der Waals surface area contributed by atoms with Crippen molar-refractivity contribution in [3.63, 3.8) is 0 Å². The van der Waals surface area contributed by atoms with Crippen molar-refractivity contribution in [2.24, 2.45) is 0 Å². The Labute approximate surface area is 209 Å². The SMILES string of the molecule is CC(CC(c1ccc(C(C)(C)C)cc1)c1ccc(C(C)(C)C)cc1)c1ccc(C(C)(C)C)cc1. The van der Waals surface area contributed by atoms with Crippen LogP contribution in [0.25, 0.3) is 0 Å². The zero-order valence-corrected chi connectivity index (χ0v) is 23.3.